The predicted molar refractivity (Wildman–Crippen MR) is 79.5 cm³/mol. The average molecular weight is 276 g/mol. The van der Waals surface area contributed by atoms with Crippen LogP contribution >= 0.6 is 0 Å². The summed E-state index contributed by atoms with van der Waals surface area (Å²) in [6, 6.07) is 7.30. The quantitative estimate of drug-likeness (QED) is 0.555. The van der Waals surface area contributed by atoms with Crippen LogP contribution in [0.3, 0.4) is 0 Å². The molecule has 0 spiro atoms. The van der Waals surface area contributed by atoms with Crippen molar-refractivity contribution in [2.24, 2.45) is 5.92 Å². The van der Waals surface area contributed by atoms with Gasteiger partial charge in [0.1, 0.15) is 0 Å². The number of carbonyl (C=O) groups excluding carboxylic acids is 2. The van der Waals surface area contributed by atoms with Crippen LogP contribution in [0, 0.1) is 5.92 Å². The highest BCUT2D eigenvalue weighted by Gasteiger charge is 2.18. The van der Waals surface area contributed by atoms with Crippen molar-refractivity contribution in [3.05, 3.63) is 35.4 Å². The monoisotopic (exact) mass is 276 g/mol. The number of carbonyl (C=O) groups is 2. The summed E-state index contributed by atoms with van der Waals surface area (Å²) in [4.78, 5) is 23.5. The minimum absolute atomic E-state index is 0.229. The van der Waals surface area contributed by atoms with Crippen molar-refractivity contribution < 1.29 is 14.3 Å². The molecule has 0 heterocycles. The molecule has 1 aromatic rings. The summed E-state index contributed by atoms with van der Waals surface area (Å²) in [6.07, 6.45) is 4.93. The molecule has 110 valence electrons. The van der Waals surface area contributed by atoms with Crippen molar-refractivity contribution >= 4 is 11.9 Å². The van der Waals surface area contributed by atoms with Gasteiger partial charge in [-0.15, -0.1) is 0 Å². The molecule has 20 heavy (non-hydrogen) atoms. The molecule has 1 unspecified atom stereocenters. The molecule has 0 saturated heterocycles. The Balaban J connectivity index is 2.57. The molecular weight excluding hydrogens is 252 g/mol. The molecule has 0 radical (unpaired) electrons. The number of aryl methyl sites for hydroxylation is 1. The van der Waals surface area contributed by atoms with Crippen molar-refractivity contribution in [2.45, 2.75) is 52.9 Å². The highest BCUT2D eigenvalue weighted by Crippen LogP contribution is 2.12. The Labute approximate surface area is 121 Å². The Morgan fingerprint density at radius 2 is 1.75 bits per heavy atom. The van der Waals surface area contributed by atoms with Gasteiger partial charge in [0.05, 0.1) is 11.5 Å². The molecule has 0 aromatic heterocycles. The lowest BCUT2D eigenvalue weighted by atomic mass is 10.1. The second-order valence-electron chi connectivity index (χ2n) is 5.20. The smallest absolute Gasteiger partial charge is 0.345 e. The summed E-state index contributed by atoms with van der Waals surface area (Å²) in [7, 11) is 0. The average Bonchev–Trinajstić information content (AvgIpc) is 2.45. The lowest BCUT2D eigenvalue weighted by Gasteiger charge is -2.09. The van der Waals surface area contributed by atoms with E-state index in [1.807, 2.05) is 19.1 Å². The first-order chi connectivity index (χ1) is 9.58. The standard InChI is InChI=1S/C17H24O3/c1-4-6-8-14-9-11-15(12-10-14)17(19)20-16(18)13(3)7-5-2/h9-13H,4-8H2,1-3H3. The van der Waals surface area contributed by atoms with E-state index in [-0.39, 0.29) is 5.92 Å². The number of unbranched alkanes of at least 4 members (excludes halogenated alkanes) is 1. The maximum Gasteiger partial charge on any atom is 0.345 e. The number of benzene rings is 1. The highest BCUT2D eigenvalue weighted by atomic mass is 16.6. The first-order valence-corrected chi connectivity index (χ1v) is 7.43. The Morgan fingerprint density at radius 1 is 1.10 bits per heavy atom. The fourth-order valence-electron chi connectivity index (χ4n) is 1.99. The molecule has 0 aliphatic rings. The molecule has 1 rings (SSSR count). The van der Waals surface area contributed by atoms with Crippen LogP contribution in [0.4, 0.5) is 0 Å². The molecule has 0 aliphatic heterocycles. The number of hydrogen-bond donors (Lipinski definition) is 0. The van der Waals surface area contributed by atoms with Gasteiger partial charge in [0.25, 0.3) is 0 Å². The van der Waals surface area contributed by atoms with E-state index in [2.05, 4.69) is 6.92 Å². The normalized spacial score (nSPS) is 11.9. The van der Waals surface area contributed by atoms with Gasteiger partial charge < -0.3 is 4.74 Å². The molecule has 3 heteroatoms. The first kappa shape index (κ1) is 16.4. The lowest BCUT2D eigenvalue weighted by molar-refractivity contribution is -0.142. The van der Waals surface area contributed by atoms with Crippen molar-refractivity contribution in [3.63, 3.8) is 0 Å². The summed E-state index contributed by atoms with van der Waals surface area (Å²) in [5.41, 5.74) is 1.64. The molecule has 0 bridgehead atoms. The van der Waals surface area contributed by atoms with Crippen molar-refractivity contribution in [3.8, 4) is 0 Å². The van der Waals surface area contributed by atoms with Gasteiger partial charge in [-0.3, -0.25) is 4.79 Å². The summed E-state index contributed by atoms with van der Waals surface area (Å²) < 4.78 is 4.89. The van der Waals surface area contributed by atoms with E-state index in [0.29, 0.717) is 5.56 Å². The largest absolute Gasteiger partial charge is 0.389 e. The van der Waals surface area contributed by atoms with Crippen LogP contribution in [0.5, 0.6) is 0 Å². The molecule has 3 nitrogen and oxygen atoms in total. The fraction of sp³-hybridized carbons (Fsp3) is 0.529. The van der Waals surface area contributed by atoms with E-state index in [1.165, 1.54) is 5.56 Å². The number of hydrogen-bond acceptors (Lipinski definition) is 3. The minimum atomic E-state index is -0.556. The molecule has 1 aromatic carbocycles. The number of rotatable bonds is 7. The van der Waals surface area contributed by atoms with Gasteiger partial charge in [-0.25, -0.2) is 4.79 Å². The lowest BCUT2D eigenvalue weighted by Crippen LogP contribution is -2.19. The molecule has 0 fully saturated rings. The first-order valence-electron chi connectivity index (χ1n) is 7.43. The molecule has 0 amide bonds. The van der Waals surface area contributed by atoms with Crippen molar-refractivity contribution in [2.75, 3.05) is 0 Å². The molecule has 0 saturated carbocycles. The third-order valence-electron chi connectivity index (χ3n) is 3.33. The second-order valence-corrected chi connectivity index (χ2v) is 5.20. The van der Waals surface area contributed by atoms with Crippen LogP contribution < -0.4 is 0 Å². The topological polar surface area (TPSA) is 43.4 Å². The van der Waals surface area contributed by atoms with Gasteiger partial charge in [-0.1, -0.05) is 45.7 Å². The van der Waals surface area contributed by atoms with E-state index < -0.39 is 11.9 Å². The summed E-state index contributed by atoms with van der Waals surface area (Å²) >= 11 is 0. The second kappa shape index (κ2) is 8.51. The van der Waals surface area contributed by atoms with Gasteiger partial charge in [0, 0.05) is 0 Å². The third kappa shape index (κ3) is 5.16. The van der Waals surface area contributed by atoms with Crippen molar-refractivity contribution in [1.82, 2.24) is 0 Å². The van der Waals surface area contributed by atoms with Crippen LogP contribution in [0.25, 0.3) is 0 Å². The van der Waals surface area contributed by atoms with E-state index in [9.17, 15) is 9.59 Å². The van der Waals surface area contributed by atoms with Crippen LogP contribution in [0.15, 0.2) is 24.3 Å². The zero-order valence-corrected chi connectivity index (χ0v) is 12.6. The van der Waals surface area contributed by atoms with Crippen LogP contribution in [0.2, 0.25) is 0 Å². The Kier molecular flexibility index (Phi) is 6.99. The SMILES string of the molecule is CCCCc1ccc(C(=O)OC(=O)C(C)CCC)cc1. The zero-order chi connectivity index (χ0) is 15.0. The van der Waals surface area contributed by atoms with Gasteiger partial charge in [-0.2, -0.15) is 0 Å². The van der Waals surface area contributed by atoms with E-state index >= 15 is 0 Å². The highest BCUT2D eigenvalue weighted by molar-refractivity contribution is 5.97. The van der Waals surface area contributed by atoms with Gasteiger partial charge in [0.2, 0.25) is 0 Å². The van der Waals surface area contributed by atoms with Crippen LogP contribution in [-0.2, 0) is 16.0 Å². The Hall–Kier alpha value is -1.64. The maximum absolute atomic E-state index is 11.8. The minimum Gasteiger partial charge on any atom is -0.389 e. The van der Waals surface area contributed by atoms with Gasteiger partial charge in [0.15, 0.2) is 0 Å². The van der Waals surface area contributed by atoms with Crippen LogP contribution in [0.1, 0.15) is 62.4 Å². The molecule has 0 N–H and O–H groups in total. The molecule has 1 atom stereocenters. The zero-order valence-electron chi connectivity index (χ0n) is 12.6. The van der Waals surface area contributed by atoms with E-state index in [4.69, 9.17) is 4.74 Å². The predicted octanol–water partition coefficient (Wildman–Crippen LogP) is 4.15. The van der Waals surface area contributed by atoms with E-state index in [1.54, 1.807) is 19.1 Å². The van der Waals surface area contributed by atoms with Crippen LogP contribution in [-0.4, -0.2) is 11.9 Å². The fourth-order valence-corrected chi connectivity index (χ4v) is 1.99. The van der Waals surface area contributed by atoms with E-state index in [0.717, 1.165) is 32.1 Å². The van der Waals surface area contributed by atoms with Crippen molar-refractivity contribution in [1.29, 1.82) is 0 Å². The summed E-state index contributed by atoms with van der Waals surface area (Å²) in [5, 5.41) is 0. The maximum atomic E-state index is 11.8. The Morgan fingerprint density at radius 3 is 2.30 bits per heavy atom. The summed E-state index contributed by atoms with van der Waals surface area (Å²) in [6.45, 7) is 5.93. The van der Waals surface area contributed by atoms with Gasteiger partial charge >= 0.3 is 11.9 Å². The Bertz CT molecular complexity index is 434. The number of ether oxygens (including phenoxy) is 1. The molecular formula is C17H24O3. The number of esters is 2. The summed E-state index contributed by atoms with van der Waals surface area (Å²) in [5.74, 6) is -1.22. The van der Waals surface area contributed by atoms with Gasteiger partial charge in [-0.05, 0) is 37.0 Å². The molecule has 0 aliphatic carbocycles. The third-order valence-corrected chi connectivity index (χ3v) is 3.33.